The Balaban J connectivity index is 1.51. The summed E-state index contributed by atoms with van der Waals surface area (Å²) < 4.78 is 0. The summed E-state index contributed by atoms with van der Waals surface area (Å²) in [6.45, 7) is 2.87. The maximum Gasteiger partial charge on any atom is 0.321 e. The lowest BCUT2D eigenvalue weighted by molar-refractivity contribution is 0.0549. The van der Waals surface area contributed by atoms with Crippen LogP contribution in [0.2, 0.25) is 0 Å². The molecule has 0 aromatic heterocycles. The SMILES string of the molecule is O=C(Nc1ccc2c(c1)C(=O)N(C1CCCCC1)C2=O)N1CCNCC1. The van der Waals surface area contributed by atoms with Crippen molar-refractivity contribution in [3.05, 3.63) is 29.3 Å². The Labute approximate surface area is 152 Å². The Bertz CT molecular complexity index is 736. The lowest BCUT2D eigenvalue weighted by Gasteiger charge is -2.29. The van der Waals surface area contributed by atoms with Gasteiger partial charge in [-0.1, -0.05) is 19.3 Å². The Morgan fingerprint density at radius 3 is 2.42 bits per heavy atom. The third kappa shape index (κ3) is 3.07. The zero-order chi connectivity index (χ0) is 18.1. The molecule has 0 bridgehead atoms. The van der Waals surface area contributed by atoms with Crippen LogP contribution in [0.1, 0.15) is 52.8 Å². The summed E-state index contributed by atoms with van der Waals surface area (Å²) in [5.41, 5.74) is 1.40. The van der Waals surface area contributed by atoms with Gasteiger partial charge in [0.25, 0.3) is 11.8 Å². The molecule has 1 aromatic carbocycles. The van der Waals surface area contributed by atoms with E-state index in [1.807, 2.05) is 0 Å². The van der Waals surface area contributed by atoms with E-state index in [1.54, 1.807) is 23.1 Å². The number of benzene rings is 1. The van der Waals surface area contributed by atoms with Gasteiger partial charge in [-0.25, -0.2) is 4.79 Å². The van der Waals surface area contributed by atoms with Gasteiger partial charge in [0, 0.05) is 37.9 Å². The van der Waals surface area contributed by atoms with Gasteiger partial charge in [0.1, 0.15) is 0 Å². The van der Waals surface area contributed by atoms with E-state index in [4.69, 9.17) is 0 Å². The summed E-state index contributed by atoms with van der Waals surface area (Å²) in [5, 5.41) is 6.05. The van der Waals surface area contributed by atoms with Crippen molar-refractivity contribution in [1.82, 2.24) is 15.1 Å². The summed E-state index contributed by atoms with van der Waals surface area (Å²) in [4.78, 5) is 41.0. The van der Waals surface area contributed by atoms with E-state index < -0.39 is 0 Å². The van der Waals surface area contributed by atoms with Crippen LogP contribution in [-0.2, 0) is 0 Å². The molecule has 0 atom stereocenters. The number of rotatable bonds is 2. The van der Waals surface area contributed by atoms with Gasteiger partial charge in [0.15, 0.2) is 0 Å². The molecule has 7 nitrogen and oxygen atoms in total. The molecule has 7 heteroatoms. The van der Waals surface area contributed by atoms with E-state index >= 15 is 0 Å². The fraction of sp³-hybridized carbons (Fsp3) is 0.526. The minimum absolute atomic E-state index is 0.00930. The van der Waals surface area contributed by atoms with Gasteiger partial charge in [0.2, 0.25) is 0 Å². The molecule has 1 aromatic rings. The molecule has 2 fully saturated rings. The average molecular weight is 356 g/mol. The number of piperazine rings is 1. The van der Waals surface area contributed by atoms with Gasteiger partial charge in [0.05, 0.1) is 11.1 Å². The minimum Gasteiger partial charge on any atom is -0.322 e. The Kier molecular flexibility index (Phi) is 4.63. The predicted octanol–water partition coefficient (Wildman–Crippen LogP) is 2.05. The number of amides is 4. The van der Waals surface area contributed by atoms with Gasteiger partial charge >= 0.3 is 6.03 Å². The van der Waals surface area contributed by atoms with Crippen LogP contribution in [0.5, 0.6) is 0 Å². The third-order valence-electron chi connectivity index (χ3n) is 5.51. The summed E-state index contributed by atoms with van der Waals surface area (Å²) in [5.74, 6) is -0.424. The number of hydrogen-bond donors (Lipinski definition) is 2. The second-order valence-corrected chi connectivity index (χ2v) is 7.20. The summed E-state index contributed by atoms with van der Waals surface area (Å²) in [7, 11) is 0. The summed E-state index contributed by atoms with van der Waals surface area (Å²) >= 11 is 0. The Morgan fingerprint density at radius 2 is 1.69 bits per heavy atom. The lowest BCUT2D eigenvalue weighted by Crippen LogP contribution is -2.48. The maximum absolute atomic E-state index is 12.8. The molecule has 1 saturated carbocycles. The third-order valence-corrected chi connectivity index (χ3v) is 5.51. The van der Waals surface area contributed by atoms with Crippen molar-refractivity contribution in [2.75, 3.05) is 31.5 Å². The first-order valence-corrected chi connectivity index (χ1v) is 9.44. The highest BCUT2D eigenvalue weighted by atomic mass is 16.2. The van der Waals surface area contributed by atoms with Crippen molar-refractivity contribution in [2.24, 2.45) is 0 Å². The summed E-state index contributed by atoms with van der Waals surface area (Å²) in [6, 6.07) is 4.83. The quantitative estimate of drug-likeness (QED) is 0.795. The predicted molar refractivity (Wildman–Crippen MR) is 97.3 cm³/mol. The van der Waals surface area contributed by atoms with Gasteiger partial charge in [-0.05, 0) is 31.0 Å². The summed E-state index contributed by atoms with van der Waals surface area (Å²) in [6.07, 6.45) is 5.06. The number of urea groups is 1. The number of nitrogens with zero attached hydrogens (tertiary/aromatic N) is 2. The molecule has 0 radical (unpaired) electrons. The largest absolute Gasteiger partial charge is 0.322 e. The van der Waals surface area contributed by atoms with Crippen LogP contribution in [-0.4, -0.2) is 59.9 Å². The first-order valence-electron chi connectivity index (χ1n) is 9.44. The van der Waals surface area contributed by atoms with Crippen LogP contribution >= 0.6 is 0 Å². The molecular formula is C19H24N4O3. The fourth-order valence-corrected chi connectivity index (χ4v) is 4.08. The second-order valence-electron chi connectivity index (χ2n) is 7.20. The van der Waals surface area contributed by atoms with E-state index in [0.29, 0.717) is 29.9 Å². The van der Waals surface area contributed by atoms with Gasteiger partial charge in [-0.2, -0.15) is 0 Å². The molecular weight excluding hydrogens is 332 g/mol. The van der Waals surface area contributed by atoms with E-state index in [-0.39, 0.29) is 23.9 Å². The van der Waals surface area contributed by atoms with E-state index in [9.17, 15) is 14.4 Å². The smallest absolute Gasteiger partial charge is 0.321 e. The molecule has 138 valence electrons. The number of anilines is 1. The number of carbonyl (C=O) groups excluding carboxylic acids is 3. The van der Waals surface area contributed by atoms with Crippen molar-refractivity contribution in [2.45, 2.75) is 38.1 Å². The normalized spacial score (nSPS) is 21.1. The maximum atomic E-state index is 12.8. The molecule has 0 unspecified atom stereocenters. The highest BCUT2D eigenvalue weighted by Crippen LogP contribution is 2.32. The fourth-order valence-electron chi connectivity index (χ4n) is 4.08. The van der Waals surface area contributed by atoms with Crippen molar-refractivity contribution < 1.29 is 14.4 Å². The number of hydrogen-bond acceptors (Lipinski definition) is 4. The van der Waals surface area contributed by atoms with Crippen LogP contribution < -0.4 is 10.6 Å². The Morgan fingerprint density at radius 1 is 1.00 bits per heavy atom. The van der Waals surface area contributed by atoms with Crippen molar-refractivity contribution >= 4 is 23.5 Å². The average Bonchev–Trinajstić information content (AvgIpc) is 2.93. The molecule has 2 N–H and O–H groups in total. The van der Waals surface area contributed by atoms with Crippen LogP contribution in [0.15, 0.2) is 18.2 Å². The molecule has 2 heterocycles. The molecule has 26 heavy (non-hydrogen) atoms. The first-order chi connectivity index (χ1) is 12.6. The molecule has 1 aliphatic carbocycles. The van der Waals surface area contributed by atoms with Crippen LogP contribution in [0.25, 0.3) is 0 Å². The lowest BCUT2D eigenvalue weighted by atomic mass is 9.94. The molecule has 1 saturated heterocycles. The monoisotopic (exact) mass is 356 g/mol. The first kappa shape index (κ1) is 17.0. The number of carbonyl (C=O) groups is 3. The minimum atomic E-state index is -0.227. The molecule has 2 aliphatic heterocycles. The van der Waals surface area contributed by atoms with Crippen molar-refractivity contribution in [3.63, 3.8) is 0 Å². The van der Waals surface area contributed by atoms with Crippen LogP contribution in [0.3, 0.4) is 0 Å². The van der Waals surface area contributed by atoms with Gasteiger partial charge in [-0.15, -0.1) is 0 Å². The second kappa shape index (κ2) is 7.07. The highest BCUT2D eigenvalue weighted by molar-refractivity contribution is 6.22. The van der Waals surface area contributed by atoms with Gasteiger partial charge in [-0.3, -0.25) is 14.5 Å². The molecule has 4 amide bonds. The molecule has 4 rings (SSSR count). The van der Waals surface area contributed by atoms with Crippen LogP contribution in [0.4, 0.5) is 10.5 Å². The zero-order valence-corrected chi connectivity index (χ0v) is 14.8. The van der Waals surface area contributed by atoms with Crippen molar-refractivity contribution in [3.8, 4) is 0 Å². The number of fused-ring (bicyclic) bond motifs is 1. The van der Waals surface area contributed by atoms with E-state index in [1.165, 1.54) is 11.3 Å². The molecule has 0 spiro atoms. The van der Waals surface area contributed by atoms with Gasteiger partial charge < -0.3 is 15.5 Å². The number of imide groups is 1. The number of nitrogens with one attached hydrogen (secondary N) is 2. The Hall–Kier alpha value is -2.41. The highest BCUT2D eigenvalue weighted by Gasteiger charge is 2.40. The standard InChI is InChI=1S/C19H24N4O3/c24-17-15-7-6-13(21-19(26)22-10-8-20-9-11-22)12-16(15)18(25)23(17)14-4-2-1-3-5-14/h6-7,12,14,20H,1-5,8-11H2,(H,21,26). The van der Waals surface area contributed by atoms with Crippen LogP contribution in [0, 0.1) is 0 Å². The van der Waals surface area contributed by atoms with Crippen molar-refractivity contribution in [1.29, 1.82) is 0 Å². The van der Waals surface area contributed by atoms with E-state index in [0.717, 1.165) is 38.8 Å². The zero-order valence-electron chi connectivity index (χ0n) is 14.8. The molecule has 3 aliphatic rings. The topological polar surface area (TPSA) is 81.8 Å². The van der Waals surface area contributed by atoms with E-state index in [2.05, 4.69) is 10.6 Å².